The number of hydrogen-bond donors (Lipinski definition) is 1. The molecule has 0 aliphatic carbocycles. The number of aliphatic carboxylic acids is 1. The summed E-state index contributed by atoms with van der Waals surface area (Å²) in [6, 6.07) is 16.3. The molecule has 0 aromatic heterocycles. The molecule has 1 atom stereocenters. The highest BCUT2D eigenvalue weighted by Gasteiger charge is 2.32. The summed E-state index contributed by atoms with van der Waals surface area (Å²) in [5.74, 6) is -1.08. The van der Waals surface area contributed by atoms with E-state index in [1.54, 1.807) is 24.3 Å². The lowest BCUT2D eigenvalue weighted by Crippen LogP contribution is -2.25. The highest BCUT2D eigenvalue weighted by molar-refractivity contribution is 6.33. The van der Waals surface area contributed by atoms with Crippen molar-refractivity contribution in [2.24, 2.45) is 0 Å². The van der Waals surface area contributed by atoms with Crippen LogP contribution in [0.1, 0.15) is 18.1 Å². The van der Waals surface area contributed by atoms with Crippen LogP contribution < -0.4 is 0 Å². The summed E-state index contributed by atoms with van der Waals surface area (Å²) in [5, 5.41) is 17.8. The number of benzene rings is 2. The Morgan fingerprint density at radius 2 is 1.55 bits per heavy atom. The van der Waals surface area contributed by atoms with Gasteiger partial charge in [0.05, 0.1) is 11.6 Å². The lowest BCUT2D eigenvalue weighted by Gasteiger charge is -2.17. The largest absolute Gasteiger partial charge is 0.480 e. The predicted octanol–water partition coefficient (Wildman–Crippen LogP) is 3.76. The van der Waals surface area contributed by atoms with E-state index in [0.717, 1.165) is 11.1 Å². The minimum absolute atomic E-state index is 0.532. The number of alkyl halides is 1. The number of carboxylic acid groups (broad SMARTS) is 1. The molecule has 0 spiro atoms. The molecule has 0 saturated heterocycles. The summed E-state index contributed by atoms with van der Waals surface area (Å²) in [6.45, 7) is 1.45. The van der Waals surface area contributed by atoms with E-state index in [0.29, 0.717) is 11.1 Å². The lowest BCUT2D eigenvalue weighted by atomic mass is 9.96. The molecule has 0 aliphatic rings. The van der Waals surface area contributed by atoms with Gasteiger partial charge in [0, 0.05) is 0 Å². The van der Waals surface area contributed by atoms with Crippen LogP contribution in [0.3, 0.4) is 0 Å². The molecule has 1 N–H and O–H groups in total. The zero-order valence-corrected chi connectivity index (χ0v) is 11.6. The van der Waals surface area contributed by atoms with E-state index in [9.17, 15) is 4.79 Å². The first-order valence-electron chi connectivity index (χ1n) is 5.98. The number of hydrogen-bond acceptors (Lipinski definition) is 2. The summed E-state index contributed by atoms with van der Waals surface area (Å²) in [7, 11) is 0. The molecule has 100 valence electrons. The molecular weight excluding hydrogens is 274 g/mol. The maximum absolute atomic E-state index is 11.1. The van der Waals surface area contributed by atoms with Crippen LogP contribution in [0, 0.1) is 11.3 Å². The van der Waals surface area contributed by atoms with Crippen molar-refractivity contribution in [2.45, 2.75) is 11.8 Å². The SMILES string of the molecule is CC(Cl)(C(=O)O)c1ccc(-c2ccc(C#N)cc2)cc1. The quantitative estimate of drug-likeness (QED) is 0.873. The summed E-state index contributed by atoms with van der Waals surface area (Å²) >= 11 is 6.00. The van der Waals surface area contributed by atoms with Gasteiger partial charge in [-0.25, -0.2) is 4.79 Å². The van der Waals surface area contributed by atoms with Gasteiger partial charge >= 0.3 is 5.97 Å². The zero-order valence-electron chi connectivity index (χ0n) is 10.8. The second-order valence-electron chi connectivity index (χ2n) is 4.57. The van der Waals surface area contributed by atoms with E-state index < -0.39 is 10.8 Å². The van der Waals surface area contributed by atoms with Crippen molar-refractivity contribution in [3.05, 3.63) is 59.7 Å². The second-order valence-corrected chi connectivity index (χ2v) is 5.33. The number of halogens is 1. The van der Waals surface area contributed by atoms with Gasteiger partial charge < -0.3 is 5.11 Å². The maximum atomic E-state index is 11.1. The Morgan fingerprint density at radius 1 is 1.10 bits per heavy atom. The Labute approximate surface area is 122 Å². The van der Waals surface area contributed by atoms with Gasteiger partial charge in [-0.05, 0) is 35.7 Å². The zero-order chi connectivity index (χ0) is 14.8. The molecule has 2 rings (SSSR count). The van der Waals surface area contributed by atoms with Crippen molar-refractivity contribution in [1.29, 1.82) is 5.26 Å². The van der Waals surface area contributed by atoms with Crippen LogP contribution in [0.4, 0.5) is 0 Å². The fourth-order valence-corrected chi connectivity index (χ4v) is 1.96. The van der Waals surface area contributed by atoms with Crippen LogP contribution in [-0.2, 0) is 9.67 Å². The summed E-state index contributed by atoms with van der Waals surface area (Å²) in [5.41, 5.74) is 3.03. The van der Waals surface area contributed by atoms with Crippen molar-refractivity contribution in [1.82, 2.24) is 0 Å². The Hall–Kier alpha value is -2.31. The molecule has 0 fully saturated rings. The van der Waals surface area contributed by atoms with E-state index in [2.05, 4.69) is 6.07 Å². The molecule has 1 unspecified atom stereocenters. The van der Waals surface area contributed by atoms with Crippen LogP contribution in [-0.4, -0.2) is 11.1 Å². The van der Waals surface area contributed by atoms with Gasteiger partial charge in [-0.15, -0.1) is 11.6 Å². The molecule has 2 aromatic carbocycles. The van der Waals surface area contributed by atoms with Crippen molar-refractivity contribution in [2.75, 3.05) is 0 Å². The summed E-state index contributed by atoms with van der Waals surface area (Å²) in [6.07, 6.45) is 0. The molecule has 0 radical (unpaired) electrons. The maximum Gasteiger partial charge on any atom is 0.329 e. The van der Waals surface area contributed by atoms with Crippen LogP contribution in [0.5, 0.6) is 0 Å². The molecule has 0 heterocycles. The van der Waals surface area contributed by atoms with Gasteiger partial charge in [-0.1, -0.05) is 36.4 Å². The van der Waals surface area contributed by atoms with Crippen LogP contribution >= 0.6 is 11.6 Å². The van der Waals surface area contributed by atoms with Gasteiger partial charge in [0.15, 0.2) is 4.87 Å². The minimum Gasteiger partial charge on any atom is -0.480 e. The second kappa shape index (κ2) is 5.36. The third kappa shape index (κ3) is 2.66. The average molecular weight is 286 g/mol. The van der Waals surface area contributed by atoms with E-state index in [1.165, 1.54) is 6.92 Å². The Balaban J connectivity index is 2.33. The Bertz CT molecular complexity index is 667. The molecule has 0 saturated carbocycles. The average Bonchev–Trinajstić information content (AvgIpc) is 2.47. The Kier molecular flexibility index (Phi) is 3.78. The van der Waals surface area contributed by atoms with Gasteiger partial charge in [-0.3, -0.25) is 0 Å². The fourth-order valence-electron chi connectivity index (χ4n) is 1.84. The minimum atomic E-state index is -1.43. The molecule has 0 aliphatic heterocycles. The van der Waals surface area contributed by atoms with Crippen molar-refractivity contribution in [3.63, 3.8) is 0 Å². The van der Waals surface area contributed by atoms with E-state index in [1.807, 2.05) is 24.3 Å². The number of carbonyl (C=O) groups is 1. The summed E-state index contributed by atoms with van der Waals surface area (Å²) < 4.78 is 0. The normalized spacial score (nSPS) is 13.2. The van der Waals surface area contributed by atoms with Crippen molar-refractivity contribution in [3.8, 4) is 17.2 Å². The molecule has 2 aromatic rings. The van der Waals surface area contributed by atoms with E-state index in [-0.39, 0.29) is 0 Å². The lowest BCUT2D eigenvalue weighted by molar-refractivity contribution is -0.139. The third-order valence-corrected chi connectivity index (χ3v) is 3.56. The number of nitriles is 1. The molecule has 0 bridgehead atoms. The van der Waals surface area contributed by atoms with E-state index in [4.69, 9.17) is 22.0 Å². The van der Waals surface area contributed by atoms with Gasteiger partial charge in [-0.2, -0.15) is 5.26 Å². The van der Waals surface area contributed by atoms with Crippen LogP contribution in [0.15, 0.2) is 48.5 Å². The highest BCUT2D eigenvalue weighted by Crippen LogP contribution is 2.30. The van der Waals surface area contributed by atoms with E-state index >= 15 is 0 Å². The predicted molar refractivity (Wildman–Crippen MR) is 77.4 cm³/mol. The molecule has 3 nitrogen and oxygen atoms in total. The fraction of sp³-hybridized carbons (Fsp3) is 0.125. The topological polar surface area (TPSA) is 61.1 Å². The molecule has 4 heteroatoms. The number of rotatable bonds is 3. The number of nitrogens with zero attached hydrogens (tertiary/aromatic N) is 1. The molecular formula is C16H12ClNO2. The Morgan fingerprint density at radius 3 is 1.95 bits per heavy atom. The molecule has 20 heavy (non-hydrogen) atoms. The first kappa shape index (κ1) is 14.1. The van der Waals surface area contributed by atoms with Crippen molar-refractivity contribution < 1.29 is 9.90 Å². The summed E-state index contributed by atoms with van der Waals surface area (Å²) in [4.78, 5) is 9.66. The third-order valence-electron chi connectivity index (χ3n) is 3.18. The monoisotopic (exact) mass is 285 g/mol. The number of carboxylic acids is 1. The van der Waals surface area contributed by atoms with Crippen LogP contribution in [0.25, 0.3) is 11.1 Å². The first-order valence-corrected chi connectivity index (χ1v) is 6.36. The first-order chi connectivity index (χ1) is 9.45. The van der Waals surface area contributed by atoms with Crippen molar-refractivity contribution >= 4 is 17.6 Å². The van der Waals surface area contributed by atoms with Gasteiger partial charge in [0.25, 0.3) is 0 Å². The van der Waals surface area contributed by atoms with Gasteiger partial charge in [0.2, 0.25) is 0 Å². The van der Waals surface area contributed by atoms with Crippen LogP contribution in [0.2, 0.25) is 0 Å². The highest BCUT2D eigenvalue weighted by atomic mass is 35.5. The van der Waals surface area contributed by atoms with Gasteiger partial charge in [0.1, 0.15) is 0 Å². The molecule has 0 amide bonds. The standard InChI is InChI=1S/C16H12ClNO2/c1-16(17,15(19)20)14-8-6-13(7-9-14)12-4-2-11(10-18)3-5-12/h2-9H,1H3,(H,19,20). The smallest absolute Gasteiger partial charge is 0.329 e.